The third kappa shape index (κ3) is 2.27. The lowest BCUT2D eigenvalue weighted by molar-refractivity contribution is 0.357. The average Bonchev–Trinajstić information content (AvgIpc) is 2.89. The Morgan fingerprint density at radius 2 is 2.21 bits per heavy atom. The number of nitrogens with two attached hydrogens (primary N) is 1. The maximum Gasteiger partial charge on any atom is 0.161 e. The number of anilines is 1. The highest BCUT2D eigenvalue weighted by Gasteiger charge is 2.15. The number of halogens is 1. The zero-order valence-electron chi connectivity index (χ0n) is 10.6. The molecule has 1 aromatic heterocycles. The van der Waals surface area contributed by atoms with Gasteiger partial charge in [-0.15, -0.1) is 0 Å². The number of hydrogen-bond acceptors (Lipinski definition) is 4. The molecule has 0 atom stereocenters. The highest BCUT2D eigenvalue weighted by molar-refractivity contribution is 14.1. The van der Waals surface area contributed by atoms with Crippen molar-refractivity contribution < 1.29 is 4.74 Å². The molecule has 19 heavy (non-hydrogen) atoms. The van der Waals surface area contributed by atoms with Crippen LogP contribution < -0.4 is 10.5 Å². The van der Waals surface area contributed by atoms with Gasteiger partial charge in [0.2, 0.25) is 0 Å². The van der Waals surface area contributed by atoms with Crippen molar-refractivity contribution in [3.63, 3.8) is 0 Å². The summed E-state index contributed by atoms with van der Waals surface area (Å²) < 4.78 is 6.46. The predicted molar refractivity (Wildman–Crippen MR) is 83.2 cm³/mol. The molecule has 98 valence electrons. The molecule has 1 aliphatic rings. The van der Waals surface area contributed by atoms with E-state index in [0.717, 1.165) is 40.0 Å². The Bertz CT molecular complexity index is 643. The minimum absolute atomic E-state index is 0.555. The van der Waals surface area contributed by atoms with Crippen molar-refractivity contribution in [2.75, 3.05) is 12.3 Å². The Labute approximate surface area is 125 Å². The number of rotatable bonds is 2. The summed E-state index contributed by atoms with van der Waals surface area (Å²) in [5.41, 5.74) is 9.18. The molecule has 0 radical (unpaired) electrons. The second-order valence-corrected chi connectivity index (χ2v) is 5.55. The van der Waals surface area contributed by atoms with E-state index in [1.807, 2.05) is 12.1 Å². The number of aromatic nitrogens is 2. The van der Waals surface area contributed by atoms with E-state index in [1.54, 1.807) is 0 Å². The molecule has 1 aliphatic heterocycles. The van der Waals surface area contributed by atoms with Gasteiger partial charge in [-0.2, -0.15) is 0 Å². The van der Waals surface area contributed by atoms with Crippen LogP contribution in [0.5, 0.6) is 5.75 Å². The van der Waals surface area contributed by atoms with Gasteiger partial charge < -0.3 is 10.5 Å². The lowest BCUT2D eigenvalue weighted by Gasteiger charge is -2.08. The lowest BCUT2D eigenvalue weighted by Crippen LogP contribution is -2.04. The van der Waals surface area contributed by atoms with Crippen molar-refractivity contribution in [1.29, 1.82) is 0 Å². The number of benzene rings is 1. The smallest absolute Gasteiger partial charge is 0.161 e. The molecule has 0 bridgehead atoms. The SMILES string of the molecule is CCc1nc(-c2ccc3c(c2)CCO3)nc(N)c1I. The molecule has 0 spiro atoms. The number of aryl methyl sites for hydroxylation is 1. The summed E-state index contributed by atoms with van der Waals surface area (Å²) in [4.78, 5) is 9.00. The summed E-state index contributed by atoms with van der Waals surface area (Å²) in [5, 5.41) is 0. The Morgan fingerprint density at radius 1 is 1.37 bits per heavy atom. The van der Waals surface area contributed by atoms with Crippen LogP contribution in [0.15, 0.2) is 18.2 Å². The van der Waals surface area contributed by atoms with Crippen molar-refractivity contribution in [3.05, 3.63) is 33.0 Å². The maximum atomic E-state index is 5.96. The molecule has 1 aromatic carbocycles. The van der Waals surface area contributed by atoms with Crippen molar-refractivity contribution in [3.8, 4) is 17.1 Å². The number of nitrogens with zero attached hydrogens (tertiary/aromatic N) is 2. The number of hydrogen-bond donors (Lipinski definition) is 1. The monoisotopic (exact) mass is 367 g/mol. The fourth-order valence-electron chi connectivity index (χ4n) is 2.20. The van der Waals surface area contributed by atoms with E-state index in [-0.39, 0.29) is 0 Å². The molecular weight excluding hydrogens is 353 g/mol. The van der Waals surface area contributed by atoms with Gasteiger partial charge in [0.25, 0.3) is 0 Å². The van der Waals surface area contributed by atoms with Crippen LogP contribution in [0.1, 0.15) is 18.2 Å². The first kappa shape index (κ1) is 12.7. The van der Waals surface area contributed by atoms with Gasteiger partial charge in [-0.1, -0.05) is 6.92 Å². The van der Waals surface area contributed by atoms with Crippen LogP contribution >= 0.6 is 22.6 Å². The van der Waals surface area contributed by atoms with Gasteiger partial charge in [-0.3, -0.25) is 0 Å². The molecule has 2 aromatic rings. The Kier molecular flexibility index (Phi) is 3.30. The highest BCUT2D eigenvalue weighted by atomic mass is 127. The molecule has 0 saturated heterocycles. The second-order valence-electron chi connectivity index (χ2n) is 4.47. The minimum Gasteiger partial charge on any atom is -0.493 e. The Morgan fingerprint density at radius 3 is 3.00 bits per heavy atom. The van der Waals surface area contributed by atoms with Crippen LogP contribution in [-0.4, -0.2) is 16.6 Å². The zero-order valence-corrected chi connectivity index (χ0v) is 12.8. The predicted octanol–water partition coefficient (Wildman–Crippen LogP) is 2.83. The Balaban J connectivity index is 2.09. The summed E-state index contributed by atoms with van der Waals surface area (Å²) in [6, 6.07) is 6.08. The average molecular weight is 367 g/mol. The van der Waals surface area contributed by atoms with Crippen LogP contribution in [0.4, 0.5) is 5.82 Å². The first-order valence-electron chi connectivity index (χ1n) is 6.27. The van der Waals surface area contributed by atoms with Crippen LogP contribution in [-0.2, 0) is 12.8 Å². The molecule has 0 unspecified atom stereocenters. The molecule has 4 nitrogen and oxygen atoms in total. The van der Waals surface area contributed by atoms with Crippen LogP contribution in [0.25, 0.3) is 11.4 Å². The van der Waals surface area contributed by atoms with Gasteiger partial charge in [0, 0.05) is 12.0 Å². The van der Waals surface area contributed by atoms with E-state index in [0.29, 0.717) is 11.6 Å². The van der Waals surface area contributed by atoms with Gasteiger partial charge in [-0.25, -0.2) is 9.97 Å². The first-order chi connectivity index (χ1) is 9.19. The largest absolute Gasteiger partial charge is 0.493 e. The fourth-order valence-corrected chi connectivity index (χ4v) is 2.82. The van der Waals surface area contributed by atoms with Gasteiger partial charge >= 0.3 is 0 Å². The van der Waals surface area contributed by atoms with E-state index < -0.39 is 0 Å². The highest BCUT2D eigenvalue weighted by Crippen LogP contribution is 2.30. The van der Waals surface area contributed by atoms with Crippen LogP contribution in [0, 0.1) is 3.57 Å². The van der Waals surface area contributed by atoms with Gasteiger partial charge in [0.05, 0.1) is 15.9 Å². The van der Waals surface area contributed by atoms with Crippen molar-refractivity contribution in [1.82, 2.24) is 9.97 Å². The maximum absolute atomic E-state index is 5.96. The molecule has 0 saturated carbocycles. The molecule has 0 fully saturated rings. The summed E-state index contributed by atoms with van der Waals surface area (Å²) >= 11 is 2.20. The molecule has 5 heteroatoms. The van der Waals surface area contributed by atoms with Crippen molar-refractivity contribution in [2.45, 2.75) is 19.8 Å². The van der Waals surface area contributed by atoms with E-state index in [4.69, 9.17) is 10.5 Å². The number of ether oxygens (including phenoxy) is 1. The molecule has 3 rings (SSSR count). The van der Waals surface area contributed by atoms with Gasteiger partial charge in [0.15, 0.2) is 5.82 Å². The Hall–Kier alpha value is -1.37. The quantitative estimate of drug-likeness (QED) is 0.830. The fraction of sp³-hybridized carbons (Fsp3) is 0.286. The molecule has 2 heterocycles. The first-order valence-corrected chi connectivity index (χ1v) is 7.35. The normalized spacial score (nSPS) is 13.2. The third-order valence-corrected chi connectivity index (χ3v) is 4.40. The molecule has 2 N–H and O–H groups in total. The van der Waals surface area contributed by atoms with Crippen LogP contribution in [0.3, 0.4) is 0 Å². The van der Waals surface area contributed by atoms with E-state index >= 15 is 0 Å². The molecular formula is C14H14IN3O. The van der Waals surface area contributed by atoms with Gasteiger partial charge in [-0.05, 0) is 52.8 Å². The van der Waals surface area contributed by atoms with Gasteiger partial charge in [0.1, 0.15) is 11.6 Å². The minimum atomic E-state index is 0.555. The second kappa shape index (κ2) is 4.96. The topological polar surface area (TPSA) is 61.0 Å². The van der Waals surface area contributed by atoms with Crippen molar-refractivity contribution in [2.24, 2.45) is 0 Å². The lowest BCUT2D eigenvalue weighted by atomic mass is 10.1. The standard InChI is InChI=1S/C14H14IN3O/c1-2-10-12(15)13(16)18-14(17-10)9-3-4-11-8(7-9)5-6-19-11/h3-4,7H,2,5-6H2,1H3,(H2,16,17,18). The molecule has 0 aliphatic carbocycles. The van der Waals surface area contributed by atoms with E-state index in [1.165, 1.54) is 5.56 Å². The van der Waals surface area contributed by atoms with Crippen molar-refractivity contribution >= 4 is 28.4 Å². The summed E-state index contributed by atoms with van der Waals surface area (Å²) in [6.07, 6.45) is 1.80. The zero-order chi connectivity index (χ0) is 13.4. The van der Waals surface area contributed by atoms with Crippen LogP contribution in [0.2, 0.25) is 0 Å². The summed E-state index contributed by atoms with van der Waals surface area (Å²) in [7, 11) is 0. The summed E-state index contributed by atoms with van der Waals surface area (Å²) in [5.74, 6) is 2.22. The molecule has 0 amide bonds. The van der Waals surface area contributed by atoms with E-state index in [2.05, 4.69) is 45.5 Å². The van der Waals surface area contributed by atoms with E-state index in [9.17, 15) is 0 Å². The third-order valence-electron chi connectivity index (χ3n) is 3.23. The number of fused-ring (bicyclic) bond motifs is 1. The number of nitrogen functional groups attached to an aromatic ring is 1. The summed E-state index contributed by atoms with van der Waals surface area (Å²) in [6.45, 7) is 2.83.